The maximum Gasteiger partial charge on any atom is 0.490 e. The number of nitrogens with zero attached hydrogens (tertiary/aromatic N) is 1. The highest BCUT2D eigenvalue weighted by Crippen LogP contribution is 2.13. The van der Waals surface area contributed by atoms with Crippen LogP contribution in [0.5, 0.6) is 0 Å². The van der Waals surface area contributed by atoms with Crippen molar-refractivity contribution in [2.75, 3.05) is 0 Å². The molecular formula is C4H4F3NO2. The van der Waals surface area contributed by atoms with Crippen molar-refractivity contribution in [1.29, 1.82) is 5.26 Å². The molecule has 1 N–H and O–H groups in total. The van der Waals surface area contributed by atoms with Gasteiger partial charge in [0.15, 0.2) is 0 Å². The summed E-state index contributed by atoms with van der Waals surface area (Å²) in [4.78, 5) is 8.90. The van der Waals surface area contributed by atoms with Crippen LogP contribution in [0, 0.1) is 11.3 Å². The Hall–Kier alpha value is -1.25. The number of aliphatic carboxylic acids is 1. The standard InChI is InChI=1S/C2HF3O2.C2H3N/c3-2(4,5)1(6)7;1-2-3/h(H,6,7);1H3/i;1D3. The fourth-order valence-electron chi connectivity index (χ4n) is 0. The highest BCUT2D eigenvalue weighted by molar-refractivity contribution is 5.73. The van der Waals surface area contributed by atoms with Crippen LogP contribution < -0.4 is 0 Å². The van der Waals surface area contributed by atoms with E-state index in [1.54, 1.807) is 0 Å². The lowest BCUT2D eigenvalue weighted by molar-refractivity contribution is -0.192. The molecule has 0 aromatic heterocycles. The molecule has 0 amide bonds. The summed E-state index contributed by atoms with van der Waals surface area (Å²) in [6, 6.07) is 1.10. The van der Waals surface area contributed by atoms with Gasteiger partial charge < -0.3 is 5.11 Å². The number of nitriles is 1. The van der Waals surface area contributed by atoms with Gasteiger partial charge in [-0.05, 0) is 0 Å². The molecule has 0 aromatic carbocycles. The van der Waals surface area contributed by atoms with Gasteiger partial charge in [0.1, 0.15) is 0 Å². The fraction of sp³-hybridized carbons (Fsp3) is 0.500. The second-order valence-electron chi connectivity index (χ2n) is 0.915. The molecule has 0 bridgehead atoms. The average Bonchev–Trinajstić information content (AvgIpc) is 1.85. The van der Waals surface area contributed by atoms with Crippen LogP contribution in [0.3, 0.4) is 0 Å². The molecule has 0 atom stereocenters. The van der Waals surface area contributed by atoms with E-state index in [0.717, 1.165) is 6.07 Å². The lowest BCUT2D eigenvalue weighted by atomic mass is 10.7. The predicted molar refractivity (Wildman–Crippen MR) is 25.0 cm³/mol. The summed E-state index contributed by atoms with van der Waals surface area (Å²) >= 11 is 0. The van der Waals surface area contributed by atoms with Crippen molar-refractivity contribution in [3.63, 3.8) is 0 Å². The van der Waals surface area contributed by atoms with Gasteiger partial charge in [0.25, 0.3) is 0 Å². The van der Waals surface area contributed by atoms with E-state index in [4.69, 9.17) is 19.3 Å². The minimum absolute atomic E-state index is 1.10. The van der Waals surface area contributed by atoms with E-state index in [9.17, 15) is 13.2 Å². The number of carboxylic acids is 1. The first kappa shape index (κ1) is 5.53. The summed E-state index contributed by atoms with van der Waals surface area (Å²) in [5, 5.41) is 14.7. The molecule has 0 spiro atoms. The van der Waals surface area contributed by atoms with E-state index in [1.807, 2.05) is 0 Å². The molecular weight excluding hydrogens is 151 g/mol. The van der Waals surface area contributed by atoms with Crippen LogP contribution in [0.25, 0.3) is 0 Å². The van der Waals surface area contributed by atoms with Crippen LogP contribution in [-0.2, 0) is 4.79 Å². The molecule has 3 nitrogen and oxygen atoms in total. The third-order valence-electron chi connectivity index (χ3n) is 0.243. The van der Waals surface area contributed by atoms with Crippen molar-refractivity contribution in [3.8, 4) is 6.07 Å². The lowest BCUT2D eigenvalue weighted by Gasteiger charge is -1.93. The Morgan fingerprint density at radius 1 is 1.80 bits per heavy atom. The van der Waals surface area contributed by atoms with Crippen LogP contribution in [0.4, 0.5) is 13.2 Å². The first-order chi connectivity index (χ1) is 5.50. The van der Waals surface area contributed by atoms with E-state index < -0.39 is 19.0 Å². The second-order valence-corrected chi connectivity index (χ2v) is 0.915. The van der Waals surface area contributed by atoms with E-state index >= 15 is 0 Å². The van der Waals surface area contributed by atoms with Crippen LogP contribution in [0.2, 0.25) is 0 Å². The molecule has 0 aromatic rings. The summed E-state index contributed by atoms with van der Waals surface area (Å²) in [5.74, 6) is -2.76. The van der Waals surface area contributed by atoms with Crippen LogP contribution in [0.15, 0.2) is 0 Å². The van der Waals surface area contributed by atoms with Crippen molar-refractivity contribution in [2.24, 2.45) is 0 Å². The van der Waals surface area contributed by atoms with Crippen molar-refractivity contribution in [1.82, 2.24) is 0 Å². The van der Waals surface area contributed by atoms with Gasteiger partial charge >= 0.3 is 12.1 Å². The zero-order valence-electron chi connectivity index (χ0n) is 7.44. The topological polar surface area (TPSA) is 61.1 Å². The number of alkyl halides is 3. The molecule has 0 unspecified atom stereocenters. The Kier molecular flexibility index (Phi) is 2.55. The SMILES string of the molecule is O=C(O)C(F)(F)F.[2H]C([2H])([2H])C#N. The van der Waals surface area contributed by atoms with Crippen molar-refractivity contribution < 1.29 is 27.2 Å². The molecule has 0 saturated carbocycles. The second kappa shape index (κ2) is 4.61. The summed E-state index contributed by atoms with van der Waals surface area (Å²) in [6.07, 6.45) is -5.08. The van der Waals surface area contributed by atoms with Crippen LogP contribution in [0.1, 0.15) is 11.0 Å². The van der Waals surface area contributed by atoms with Gasteiger partial charge in [0.2, 0.25) is 0 Å². The van der Waals surface area contributed by atoms with E-state index in [2.05, 4.69) is 0 Å². The first-order valence-corrected chi connectivity index (χ1v) is 1.72. The van der Waals surface area contributed by atoms with Gasteiger partial charge in [-0.15, -0.1) is 0 Å². The van der Waals surface area contributed by atoms with Crippen molar-refractivity contribution in [2.45, 2.75) is 13.0 Å². The highest BCUT2D eigenvalue weighted by atomic mass is 19.4. The number of rotatable bonds is 0. The predicted octanol–water partition coefficient (Wildman–Crippen LogP) is 1.16. The van der Waals surface area contributed by atoms with Gasteiger partial charge in [-0.1, -0.05) is 0 Å². The van der Waals surface area contributed by atoms with E-state index in [0.29, 0.717) is 0 Å². The van der Waals surface area contributed by atoms with Gasteiger partial charge in [0.05, 0.1) is 6.07 Å². The Balaban J connectivity index is 0. The largest absolute Gasteiger partial charge is 0.490 e. The Bertz CT molecular complexity index is 216. The van der Waals surface area contributed by atoms with Crippen molar-refractivity contribution >= 4 is 5.97 Å². The Morgan fingerprint density at radius 3 is 2.00 bits per heavy atom. The van der Waals surface area contributed by atoms with E-state index in [1.165, 1.54) is 0 Å². The molecule has 0 aliphatic rings. The molecule has 0 fully saturated rings. The lowest BCUT2D eigenvalue weighted by Crippen LogP contribution is -2.21. The minimum atomic E-state index is -5.08. The van der Waals surface area contributed by atoms with Crippen LogP contribution >= 0.6 is 0 Å². The monoisotopic (exact) mass is 158 g/mol. The van der Waals surface area contributed by atoms with Gasteiger partial charge in [-0.3, -0.25) is 0 Å². The fourth-order valence-corrected chi connectivity index (χ4v) is 0. The molecule has 0 aliphatic carbocycles. The Labute approximate surface area is 58.9 Å². The van der Waals surface area contributed by atoms with Gasteiger partial charge in [-0.2, -0.15) is 18.4 Å². The smallest absolute Gasteiger partial charge is 0.475 e. The first-order valence-electron chi connectivity index (χ1n) is 3.22. The number of carboxylic acid groups (broad SMARTS) is 1. The third-order valence-corrected chi connectivity index (χ3v) is 0.243. The van der Waals surface area contributed by atoms with Crippen LogP contribution in [-0.4, -0.2) is 17.3 Å². The quantitative estimate of drug-likeness (QED) is 0.575. The minimum Gasteiger partial charge on any atom is -0.475 e. The molecule has 0 rings (SSSR count). The summed E-state index contributed by atoms with van der Waals surface area (Å²) in [6.45, 7) is -2.40. The molecule has 0 aliphatic heterocycles. The molecule has 58 valence electrons. The van der Waals surface area contributed by atoms with E-state index in [-0.39, 0.29) is 0 Å². The van der Waals surface area contributed by atoms with Gasteiger partial charge in [0, 0.05) is 11.0 Å². The third kappa shape index (κ3) is 9.89. The number of hydrogen-bond donors (Lipinski definition) is 1. The summed E-state index contributed by atoms with van der Waals surface area (Å²) in [7, 11) is 0. The maximum atomic E-state index is 10.6. The average molecular weight is 158 g/mol. The molecule has 0 heterocycles. The normalized spacial score (nSPS) is 14.4. The van der Waals surface area contributed by atoms with Crippen molar-refractivity contribution in [3.05, 3.63) is 0 Å². The molecule has 0 radical (unpaired) electrons. The maximum absolute atomic E-state index is 10.6. The summed E-state index contributed by atoms with van der Waals surface area (Å²) in [5.41, 5.74) is 0. The molecule has 6 heteroatoms. The molecule has 0 saturated heterocycles. The number of hydrogen-bond acceptors (Lipinski definition) is 2. The number of halogens is 3. The summed E-state index contributed by atoms with van der Waals surface area (Å²) < 4.78 is 50.2. The zero-order valence-corrected chi connectivity index (χ0v) is 4.44. The highest BCUT2D eigenvalue weighted by Gasteiger charge is 2.38. The van der Waals surface area contributed by atoms with Gasteiger partial charge in [-0.25, -0.2) is 4.79 Å². The zero-order chi connectivity index (χ0) is 11.3. The Morgan fingerprint density at radius 2 is 2.00 bits per heavy atom. The number of carbonyl (C=O) groups is 1. The molecule has 10 heavy (non-hydrogen) atoms.